The fraction of sp³-hybridized carbons (Fsp3) is 0.455. The number of hydrogen-bond acceptors (Lipinski definition) is 0. The zero-order chi connectivity index (χ0) is 16.9. The van der Waals surface area contributed by atoms with Crippen LogP contribution in [0.4, 0.5) is 35.1 Å². The van der Waals surface area contributed by atoms with Crippen LogP contribution >= 0.6 is 38.5 Å². The van der Waals surface area contributed by atoms with Gasteiger partial charge in [-0.3, -0.25) is 0 Å². The predicted molar refractivity (Wildman–Crippen MR) is 73.9 cm³/mol. The van der Waals surface area contributed by atoms with Crippen molar-refractivity contribution in [1.82, 2.24) is 0 Å². The van der Waals surface area contributed by atoms with Gasteiger partial charge in [0.05, 0.1) is 4.43 Å². The van der Waals surface area contributed by atoms with Gasteiger partial charge in [0.15, 0.2) is 0 Å². The quantitative estimate of drug-likeness (QED) is 0.273. The molecule has 0 saturated heterocycles. The van der Waals surface area contributed by atoms with Crippen LogP contribution in [0.5, 0.6) is 0 Å². The van der Waals surface area contributed by atoms with E-state index >= 15 is 0 Å². The maximum atomic E-state index is 12.2. The minimum Gasteiger partial charge on any atom is -0.207 e. The summed E-state index contributed by atoms with van der Waals surface area (Å²) in [5.41, 5.74) is 1.09. The molecule has 0 heterocycles. The second-order valence-corrected chi connectivity index (χ2v) is 4.99. The highest BCUT2D eigenvalue weighted by Crippen LogP contribution is 2.47. The summed E-state index contributed by atoms with van der Waals surface area (Å²) in [5.74, 6) is -11.2. The average molecular weight is 499 g/mol. The minimum atomic E-state index is -6.21. The van der Waals surface area contributed by atoms with E-state index in [0.717, 1.165) is 33.5 Å². The lowest BCUT2D eigenvalue weighted by atomic mass is 10.2. The molecule has 0 fully saturated rings. The molecule has 0 bridgehead atoms. The van der Waals surface area contributed by atoms with Crippen LogP contribution < -0.4 is 0 Å². The van der Waals surface area contributed by atoms with Gasteiger partial charge >= 0.3 is 18.0 Å². The topological polar surface area (TPSA) is 0 Å². The normalized spacial score (nSPS) is 12.7. The summed E-state index contributed by atoms with van der Waals surface area (Å²) >= 11 is 4.03. The number of alkyl halides is 9. The minimum absolute atomic E-state index is 0.181. The molecule has 0 aliphatic carbocycles. The molecule has 21 heavy (non-hydrogen) atoms. The predicted octanol–water partition coefficient (Wildman–Crippen LogP) is 5.97. The Morgan fingerprint density at radius 2 is 1.33 bits per heavy atom. The summed E-state index contributed by atoms with van der Waals surface area (Å²) in [6.07, 6.45) is -6.21. The van der Waals surface area contributed by atoms with Gasteiger partial charge in [-0.15, -0.1) is 0 Å². The van der Waals surface area contributed by atoms with E-state index in [1.165, 1.54) is 12.1 Å². The molecule has 10 heteroatoms. The summed E-state index contributed by atoms with van der Waals surface area (Å²) < 4.78 is 92.0. The molecule has 0 atom stereocenters. The van der Waals surface area contributed by atoms with Crippen LogP contribution in [0.1, 0.15) is 5.56 Å². The maximum Gasteiger partial charge on any atom is 0.459 e. The number of benzene rings is 1. The monoisotopic (exact) mass is 498 g/mol. The molecule has 0 saturated carbocycles. The molecule has 1 rings (SSSR count). The molecule has 0 aromatic heterocycles. The smallest absolute Gasteiger partial charge is 0.207 e. The average Bonchev–Trinajstić information content (AvgIpc) is 2.39. The number of hydrogen-bond donors (Lipinski definition) is 0. The Balaban J connectivity index is 0.000000394. The Bertz CT molecular complexity index is 429. The van der Waals surface area contributed by atoms with Crippen LogP contribution in [0, 0.1) is 5.82 Å². The van der Waals surface area contributed by atoms with Crippen LogP contribution in [0.3, 0.4) is 0 Å². The van der Waals surface area contributed by atoms with Gasteiger partial charge < -0.3 is 0 Å². The third-order valence-corrected chi connectivity index (χ3v) is 3.66. The van der Waals surface area contributed by atoms with Crippen molar-refractivity contribution in [2.24, 2.45) is 0 Å². The number of rotatable bonds is 3. The van der Waals surface area contributed by atoms with E-state index in [4.69, 9.17) is 0 Å². The summed E-state index contributed by atoms with van der Waals surface area (Å²) in [5, 5.41) is 0.785. The van der Waals surface area contributed by atoms with Crippen molar-refractivity contribution in [3.63, 3.8) is 0 Å². The first-order valence-electron chi connectivity index (χ1n) is 5.07. The molecule has 1 aromatic carbocycles. The Hall–Kier alpha value is -0.130. The Morgan fingerprint density at radius 3 is 1.57 bits per heavy atom. The highest BCUT2D eigenvalue weighted by molar-refractivity contribution is 14.1. The largest absolute Gasteiger partial charge is 0.459 e. The summed E-state index contributed by atoms with van der Waals surface area (Å²) in [6.45, 7) is 0. The van der Waals surface area contributed by atoms with Crippen LogP contribution in [-0.4, -0.2) is 22.4 Å². The molecule has 0 nitrogen and oxygen atoms in total. The fourth-order valence-electron chi connectivity index (χ4n) is 0.865. The molecular formula is C11H8BrF8I. The van der Waals surface area contributed by atoms with Crippen LogP contribution in [0.15, 0.2) is 24.3 Å². The van der Waals surface area contributed by atoms with Crippen molar-refractivity contribution in [1.29, 1.82) is 0 Å². The zero-order valence-electron chi connectivity index (χ0n) is 10.0. The van der Waals surface area contributed by atoms with Crippen LogP contribution in [0.2, 0.25) is 0 Å². The lowest BCUT2D eigenvalue weighted by Crippen LogP contribution is -2.52. The third kappa shape index (κ3) is 5.87. The first-order valence-corrected chi connectivity index (χ1v) is 7.72. The van der Waals surface area contributed by atoms with Gasteiger partial charge in [0.1, 0.15) is 5.82 Å². The molecule has 122 valence electrons. The van der Waals surface area contributed by atoms with Crippen molar-refractivity contribution >= 4 is 38.5 Å². The van der Waals surface area contributed by atoms with Crippen LogP contribution in [0.25, 0.3) is 0 Å². The summed E-state index contributed by atoms with van der Waals surface area (Å²) in [6, 6.07) is 6.42. The maximum absolute atomic E-state index is 12.2. The van der Waals surface area contributed by atoms with Crippen molar-refractivity contribution in [3.05, 3.63) is 35.6 Å². The molecule has 0 aliphatic rings. The van der Waals surface area contributed by atoms with Crippen LogP contribution in [-0.2, 0) is 5.33 Å². The van der Waals surface area contributed by atoms with Gasteiger partial charge in [0, 0.05) is 5.33 Å². The van der Waals surface area contributed by atoms with E-state index in [-0.39, 0.29) is 5.82 Å². The SMILES string of the molecule is FC(F)(F)C(F)(F)C(F)(F)CI.Fc1ccc(CBr)cc1. The Morgan fingerprint density at radius 1 is 0.905 bits per heavy atom. The molecule has 0 spiro atoms. The second-order valence-electron chi connectivity index (χ2n) is 3.67. The van der Waals surface area contributed by atoms with Crippen molar-refractivity contribution in [3.8, 4) is 0 Å². The molecule has 0 radical (unpaired) electrons. The first kappa shape index (κ1) is 20.9. The van der Waals surface area contributed by atoms with E-state index in [0.29, 0.717) is 0 Å². The lowest BCUT2D eigenvalue weighted by molar-refractivity contribution is -0.347. The van der Waals surface area contributed by atoms with Gasteiger partial charge in [-0.2, -0.15) is 30.7 Å². The Labute approximate surface area is 137 Å². The molecule has 0 unspecified atom stereocenters. The lowest BCUT2D eigenvalue weighted by Gasteiger charge is -2.26. The summed E-state index contributed by atoms with van der Waals surface area (Å²) in [7, 11) is 0. The van der Waals surface area contributed by atoms with E-state index in [1.54, 1.807) is 12.1 Å². The van der Waals surface area contributed by atoms with E-state index in [9.17, 15) is 35.1 Å². The first-order chi connectivity index (χ1) is 9.39. The van der Waals surface area contributed by atoms with Gasteiger partial charge in [-0.1, -0.05) is 50.7 Å². The summed E-state index contributed by atoms with van der Waals surface area (Å²) in [4.78, 5) is 0. The fourth-order valence-corrected chi connectivity index (χ4v) is 1.72. The van der Waals surface area contributed by atoms with E-state index < -0.39 is 22.4 Å². The molecule has 0 N–H and O–H groups in total. The second kappa shape index (κ2) is 7.93. The highest BCUT2D eigenvalue weighted by atomic mass is 127. The molecular weight excluding hydrogens is 491 g/mol. The number of halogens is 10. The molecule has 1 aromatic rings. The van der Waals surface area contributed by atoms with Gasteiger partial charge in [-0.05, 0) is 17.7 Å². The standard InChI is InChI=1S/C7H6BrF.C4H2F7I/c8-5-6-1-3-7(9)4-2-6;5-2(6,1-12)3(7,8)4(9,10)11/h1-4H,5H2;1H2. The zero-order valence-corrected chi connectivity index (χ0v) is 13.7. The Kier molecular flexibility index (Phi) is 7.88. The highest BCUT2D eigenvalue weighted by Gasteiger charge is 2.72. The van der Waals surface area contributed by atoms with Gasteiger partial charge in [-0.25, -0.2) is 4.39 Å². The molecule has 0 aliphatic heterocycles. The van der Waals surface area contributed by atoms with E-state index in [2.05, 4.69) is 15.9 Å². The third-order valence-electron chi connectivity index (χ3n) is 2.05. The van der Waals surface area contributed by atoms with Gasteiger partial charge in [0.2, 0.25) is 0 Å². The van der Waals surface area contributed by atoms with Crippen molar-refractivity contribution < 1.29 is 35.1 Å². The van der Waals surface area contributed by atoms with Crippen molar-refractivity contribution in [2.45, 2.75) is 23.4 Å². The van der Waals surface area contributed by atoms with Gasteiger partial charge in [0.25, 0.3) is 0 Å². The van der Waals surface area contributed by atoms with E-state index in [1.807, 2.05) is 0 Å². The molecule has 0 amide bonds. The van der Waals surface area contributed by atoms with Crippen molar-refractivity contribution in [2.75, 3.05) is 4.43 Å².